The summed E-state index contributed by atoms with van der Waals surface area (Å²) in [6, 6.07) is 10.0. The lowest BCUT2D eigenvalue weighted by molar-refractivity contribution is -0.128. The molecule has 0 unspecified atom stereocenters. The molecule has 0 aliphatic rings. The molecular formula is C17H25NO. The molecule has 0 heterocycles. The van der Waals surface area contributed by atoms with Gasteiger partial charge in [0.15, 0.2) is 0 Å². The average Bonchev–Trinajstić information content (AvgIpc) is 2.46. The van der Waals surface area contributed by atoms with Crippen LogP contribution >= 0.6 is 0 Å². The van der Waals surface area contributed by atoms with Crippen LogP contribution in [0.1, 0.15) is 45.7 Å². The van der Waals surface area contributed by atoms with Crippen molar-refractivity contribution >= 4 is 5.91 Å². The van der Waals surface area contributed by atoms with Gasteiger partial charge in [0.1, 0.15) is 0 Å². The first-order valence-electron chi connectivity index (χ1n) is 6.93. The van der Waals surface area contributed by atoms with Gasteiger partial charge in [0.25, 0.3) is 0 Å². The van der Waals surface area contributed by atoms with Gasteiger partial charge in [-0.3, -0.25) is 4.79 Å². The summed E-state index contributed by atoms with van der Waals surface area (Å²) in [6.45, 7) is 12.0. The van der Waals surface area contributed by atoms with Gasteiger partial charge < -0.3 is 5.32 Å². The van der Waals surface area contributed by atoms with Crippen LogP contribution in [0.3, 0.4) is 0 Å². The predicted octanol–water partition coefficient (Wildman–Crippen LogP) is 4.10. The largest absolute Gasteiger partial charge is 0.349 e. The summed E-state index contributed by atoms with van der Waals surface area (Å²) in [4.78, 5) is 12.3. The van der Waals surface area contributed by atoms with E-state index in [0.717, 1.165) is 12.0 Å². The van der Waals surface area contributed by atoms with E-state index in [9.17, 15) is 4.79 Å². The highest BCUT2D eigenvalue weighted by molar-refractivity contribution is 5.79. The Labute approximate surface area is 116 Å². The second kappa shape index (κ2) is 6.55. The fourth-order valence-electron chi connectivity index (χ4n) is 2.09. The molecule has 0 radical (unpaired) electrons. The van der Waals surface area contributed by atoms with Crippen molar-refractivity contribution in [2.24, 2.45) is 11.3 Å². The number of nitrogens with one attached hydrogen (secondary N) is 1. The van der Waals surface area contributed by atoms with E-state index in [1.54, 1.807) is 0 Å². The molecule has 19 heavy (non-hydrogen) atoms. The highest BCUT2D eigenvalue weighted by atomic mass is 16.1. The Morgan fingerprint density at radius 1 is 1.37 bits per heavy atom. The molecule has 3 atom stereocenters. The minimum absolute atomic E-state index is 0.0297. The molecule has 0 aliphatic carbocycles. The number of allylic oxidation sites excluding steroid dienone is 1. The summed E-state index contributed by atoms with van der Waals surface area (Å²) in [7, 11) is 0. The Balaban J connectivity index is 2.72. The molecule has 0 saturated carbocycles. The van der Waals surface area contributed by atoms with Crippen molar-refractivity contribution in [3.8, 4) is 0 Å². The van der Waals surface area contributed by atoms with E-state index in [4.69, 9.17) is 0 Å². The minimum atomic E-state index is -0.152. The number of benzene rings is 1. The first-order chi connectivity index (χ1) is 8.94. The van der Waals surface area contributed by atoms with Crippen LogP contribution in [0.4, 0.5) is 0 Å². The summed E-state index contributed by atoms with van der Waals surface area (Å²) in [5, 5.41) is 3.08. The van der Waals surface area contributed by atoms with Crippen LogP contribution in [0.2, 0.25) is 0 Å². The Morgan fingerprint density at radius 2 is 1.95 bits per heavy atom. The number of hydrogen-bond acceptors (Lipinski definition) is 1. The third kappa shape index (κ3) is 3.69. The van der Waals surface area contributed by atoms with Crippen molar-refractivity contribution in [3.63, 3.8) is 0 Å². The zero-order valence-corrected chi connectivity index (χ0v) is 12.4. The smallest absolute Gasteiger partial charge is 0.224 e. The van der Waals surface area contributed by atoms with Crippen LogP contribution in [0, 0.1) is 11.3 Å². The normalized spacial score (nSPS) is 17.1. The molecule has 0 fully saturated rings. The molecule has 1 amide bonds. The first-order valence-corrected chi connectivity index (χ1v) is 6.93. The van der Waals surface area contributed by atoms with E-state index in [1.165, 1.54) is 0 Å². The van der Waals surface area contributed by atoms with Gasteiger partial charge in [0.2, 0.25) is 5.91 Å². The fourth-order valence-corrected chi connectivity index (χ4v) is 2.09. The molecule has 0 aromatic heterocycles. The molecule has 1 aromatic carbocycles. The summed E-state index contributed by atoms with van der Waals surface area (Å²) in [5.41, 5.74) is 0.973. The van der Waals surface area contributed by atoms with Gasteiger partial charge in [-0.2, -0.15) is 0 Å². The Hall–Kier alpha value is -1.57. The van der Waals surface area contributed by atoms with Crippen molar-refractivity contribution < 1.29 is 4.79 Å². The quantitative estimate of drug-likeness (QED) is 0.766. The van der Waals surface area contributed by atoms with Crippen LogP contribution in [0.25, 0.3) is 0 Å². The van der Waals surface area contributed by atoms with E-state index in [-0.39, 0.29) is 23.3 Å². The fraction of sp³-hybridized carbons (Fsp3) is 0.471. The topological polar surface area (TPSA) is 29.1 Å². The Kier molecular flexibility index (Phi) is 5.34. The second-order valence-corrected chi connectivity index (χ2v) is 5.43. The van der Waals surface area contributed by atoms with E-state index < -0.39 is 0 Å². The third-order valence-electron chi connectivity index (χ3n) is 4.27. The van der Waals surface area contributed by atoms with Gasteiger partial charge in [-0.1, -0.05) is 57.2 Å². The maximum atomic E-state index is 12.3. The maximum Gasteiger partial charge on any atom is 0.224 e. The van der Waals surface area contributed by atoms with Crippen molar-refractivity contribution in [2.45, 2.75) is 40.2 Å². The molecule has 2 heteroatoms. The monoisotopic (exact) mass is 259 g/mol. The second-order valence-electron chi connectivity index (χ2n) is 5.43. The molecule has 0 aliphatic heterocycles. The lowest BCUT2D eigenvalue weighted by atomic mass is 9.75. The number of amides is 1. The molecule has 104 valence electrons. The summed E-state index contributed by atoms with van der Waals surface area (Å²) in [5.74, 6) is 0.00163. The lowest BCUT2D eigenvalue weighted by Crippen LogP contribution is -2.38. The van der Waals surface area contributed by atoms with Crippen LogP contribution in [0.15, 0.2) is 43.0 Å². The highest BCUT2D eigenvalue weighted by Crippen LogP contribution is 2.32. The van der Waals surface area contributed by atoms with E-state index in [2.05, 4.69) is 25.7 Å². The third-order valence-corrected chi connectivity index (χ3v) is 4.27. The van der Waals surface area contributed by atoms with Crippen molar-refractivity contribution in [1.82, 2.24) is 5.32 Å². The molecule has 1 N–H and O–H groups in total. The van der Waals surface area contributed by atoms with Crippen LogP contribution in [0.5, 0.6) is 0 Å². The zero-order valence-electron chi connectivity index (χ0n) is 12.4. The summed E-state index contributed by atoms with van der Waals surface area (Å²) in [6.07, 6.45) is 2.80. The van der Waals surface area contributed by atoms with Gasteiger partial charge in [-0.25, -0.2) is 0 Å². The van der Waals surface area contributed by atoms with Gasteiger partial charge in [0, 0.05) is 5.92 Å². The molecule has 2 nitrogen and oxygen atoms in total. The Bertz CT molecular complexity index is 426. The van der Waals surface area contributed by atoms with Crippen LogP contribution < -0.4 is 5.32 Å². The molecule has 1 aromatic rings. The van der Waals surface area contributed by atoms with Gasteiger partial charge >= 0.3 is 0 Å². The van der Waals surface area contributed by atoms with Crippen molar-refractivity contribution in [2.75, 3.05) is 0 Å². The average molecular weight is 259 g/mol. The van der Waals surface area contributed by atoms with Gasteiger partial charge in [-0.15, -0.1) is 6.58 Å². The molecular weight excluding hydrogens is 234 g/mol. The number of carbonyl (C=O) groups is 1. The van der Waals surface area contributed by atoms with E-state index >= 15 is 0 Å². The summed E-state index contributed by atoms with van der Waals surface area (Å²) >= 11 is 0. The lowest BCUT2D eigenvalue weighted by Gasteiger charge is -2.31. The first kappa shape index (κ1) is 15.5. The summed E-state index contributed by atoms with van der Waals surface area (Å²) < 4.78 is 0. The van der Waals surface area contributed by atoms with E-state index in [1.807, 2.05) is 50.3 Å². The van der Waals surface area contributed by atoms with Crippen LogP contribution in [-0.2, 0) is 4.79 Å². The van der Waals surface area contributed by atoms with Crippen molar-refractivity contribution in [1.29, 1.82) is 0 Å². The maximum absolute atomic E-state index is 12.3. The predicted molar refractivity (Wildman–Crippen MR) is 80.8 cm³/mol. The van der Waals surface area contributed by atoms with Gasteiger partial charge in [0.05, 0.1) is 6.04 Å². The number of carbonyl (C=O) groups excluding carboxylic acids is 1. The number of hydrogen-bond donors (Lipinski definition) is 1. The van der Waals surface area contributed by atoms with E-state index in [0.29, 0.717) is 0 Å². The molecule has 0 saturated heterocycles. The molecule has 0 spiro atoms. The van der Waals surface area contributed by atoms with Crippen LogP contribution in [-0.4, -0.2) is 5.91 Å². The highest BCUT2D eigenvalue weighted by Gasteiger charge is 2.31. The Morgan fingerprint density at radius 3 is 2.42 bits per heavy atom. The van der Waals surface area contributed by atoms with Gasteiger partial charge in [-0.05, 0) is 24.3 Å². The number of rotatable bonds is 6. The molecule has 0 bridgehead atoms. The standard InChI is InChI=1S/C17H25NO/c1-6-17(5,7-2)13(3)16(19)18-14(4)15-11-9-8-10-12-15/h6,8-14H,1,7H2,2-5H3,(H,18,19)/t13-,14-,17+/m0/s1. The zero-order chi connectivity index (χ0) is 14.5. The van der Waals surface area contributed by atoms with Crippen molar-refractivity contribution in [3.05, 3.63) is 48.6 Å². The molecule has 1 rings (SSSR count). The minimum Gasteiger partial charge on any atom is -0.349 e. The SMILES string of the molecule is C=C[C@](C)(CC)[C@@H](C)C(=O)N[C@@H](C)c1ccccc1.